The minimum Gasteiger partial charge on any atom is -0.489 e. The molecule has 0 spiro atoms. The molecule has 0 saturated carbocycles. The summed E-state index contributed by atoms with van der Waals surface area (Å²) >= 11 is 13.0. The van der Waals surface area contributed by atoms with Gasteiger partial charge in [-0.3, -0.25) is 0 Å². The van der Waals surface area contributed by atoms with Crippen LogP contribution in [-0.4, -0.2) is 32.1 Å². The van der Waals surface area contributed by atoms with Crippen molar-refractivity contribution < 1.29 is 17.9 Å². The molecule has 0 atom stereocenters. The Morgan fingerprint density at radius 3 is 2.50 bits per heavy atom. The number of hydrogen-bond donors (Lipinski definition) is 0. The molecule has 0 N–H and O–H groups in total. The summed E-state index contributed by atoms with van der Waals surface area (Å²) in [6.07, 6.45) is 2.48. The Hall–Kier alpha value is -2.31. The van der Waals surface area contributed by atoms with Crippen LogP contribution in [0.15, 0.2) is 46.8 Å². The highest BCUT2D eigenvalue weighted by atomic mass is 35.5. The maximum atomic E-state index is 11.5. The number of benzene rings is 2. The van der Waals surface area contributed by atoms with E-state index in [0.717, 1.165) is 28.7 Å². The quantitative estimate of drug-likeness (QED) is 0.422. The number of alkyl halides is 1. The van der Waals surface area contributed by atoms with Crippen molar-refractivity contribution in [1.29, 1.82) is 5.26 Å². The Morgan fingerprint density at radius 1 is 1.17 bits per heavy atom. The van der Waals surface area contributed by atoms with Gasteiger partial charge in [0.1, 0.15) is 34.2 Å². The van der Waals surface area contributed by atoms with Gasteiger partial charge in [-0.1, -0.05) is 23.7 Å². The highest BCUT2D eigenvalue weighted by Crippen LogP contribution is 2.35. The number of rotatable bonds is 8. The molecule has 1 aromatic heterocycles. The van der Waals surface area contributed by atoms with E-state index in [0.29, 0.717) is 33.0 Å². The molecule has 6 nitrogen and oxygen atoms in total. The van der Waals surface area contributed by atoms with Crippen molar-refractivity contribution in [3.05, 3.63) is 58.2 Å². The van der Waals surface area contributed by atoms with Gasteiger partial charge in [-0.15, -0.1) is 22.9 Å². The monoisotopic (exact) mass is 482 g/mol. The lowest BCUT2D eigenvalue weighted by atomic mass is 10.0. The maximum absolute atomic E-state index is 11.5. The number of hydrogen-bond acceptors (Lipinski definition) is 7. The van der Waals surface area contributed by atoms with E-state index in [2.05, 4.69) is 11.1 Å². The molecule has 156 valence electrons. The minimum absolute atomic E-state index is 0.163. The zero-order valence-electron chi connectivity index (χ0n) is 15.8. The van der Waals surface area contributed by atoms with Gasteiger partial charge in [-0.25, -0.2) is 13.4 Å². The number of ether oxygens (including phenoxy) is 2. The van der Waals surface area contributed by atoms with Crippen LogP contribution in [0.3, 0.4) is 0 Å². The van der Waals surface area contributed by atoms with Gasteiger partial charge in [0, 0.05) is 6.26 Å². The van der Waals surface area contributed by atoms with E-state index < -0.39 is 9.84 Å². The molecule has 1 heterocycles. The fourth-order valence-corrected chi connectivity index (χ4v) is 4.60. The first-order chi connectivity index (χ1) is 14.3. The van der Waals surface area contributed by atoms with Gasteiger partial charge in [0.15, 0.2) is 15.6 Å². The summed E-state index contributed by atoms with van der Waals surface area (Å²) in [5.41, 5.74) is 1.94. The topological polar surface area (TPSA) is 89.3 Å². The molecule has 0 radical (unpaired) electrons. The van der Waals surface area contributed by atoms with Gasteiger partial charge in [-0.05, 0) is 35.4 Å². The van der Waals surface area contributed by atoms with Crippen molar-refractivity contribution in [3.63, 3.8) is 0 Å². The predicted molar refractivity (Wildman–Crippen MR) is 117 cm³/mol. The van der Waals surface area contributed by atoms with Crippen LogP contribution >= 0.6 is 34.5 Å². The summed E-state index contributed by atoms with van der Waals surface area (Å²) in [7, 11) is -3.27. The smallest absolute Gasteiger partial charge is 0.186 e. The molecule has 30 heavy (non-hydrogen) atoms. The lowest BCUT2D eigenvalue weighted by Gasteiger charge is -2.11. The zero-order chi connectivity index (χ0) is 21.7. The van der Waals surface area contributed by atoms with Crippen molar-refractivity contribution in [2.45, 2.75) is 10.8 Å². The SMILES string of the molecule is CS(=O)(=O)c1cnc(COc2ccc(-c3cc(Cl)c(OCCCl)c(C#N)c3)cc2)s1. The summed E-state index contributed by atoms with van der Waals surface area (Å²) < 4.78 is 34.4. The van der Waals surface area contributed by atoms with Gasteiger partial charge in [0.05, 0.1) is 22.7 Å². The van der Waals surface area contributed by atoms with E-state index in [1.165, 1.54) is 6.20 Å². The Bertz CT molecular complexity index is 1190. The minimum atomic E-state index is -3.27. The number of aromatic nitrogens is 1. The second-order valence-corrected chi connectivity index (χ2v) is 10.3. The molecule has 0 saturated heterocycles. The average molecular weight is 483 g/mol. The van der Waals surface area contributed by atoms with E-state index in [1.54, 1.807) is 24.3 Å². The van der Waals surface area contributed by atoms with Gasteiger partial charge in [0.2, 0.25) is 0 Å². The van der Waals surface area contributed by atoms with Gasteiger partial charge in [-0.2, -0.15) is 5.26 Å². The number of nitriles is 1. The van der Waals surface area contributed by atoms with Crippen molar-refractivity contribution >= 4 is 44.4 Å². The first-order valence-electron chi connectivity index (χ1n) is 8.62. The Kier molecular flexibility index (Phi) is 7.21. The third-order valence-electron chi connectivity index (χ3n) is 3.94. The van der Waals surface area contributed by atoms with Crippen LogP contribution in [0.25, 0.3) is 11.1 Å². The van der Waals surface area contributed by atoms with E-state index in [1.807, 2.05) is 12.1 Å². The number of halogens is 2. The number of sulfone groups is 1. The van der Waals surface area contributed by atoms with Crippen LogP contribution < -0.4 is 9.47 Å². The van der Waals surface area contributed by atoms with E-state index in [-0.39, 0.29) is 17.4 Å². The molecule has 3 aromatic rings. The molecule has 3 rings (SSSR count). The predicted octanol–water partition coefficient (Wildman–Crippen LogP) is 4.94. The largest absolute Gasteiger partial charge is 0.489 e. The molecule has 0 amide bonds. The lowest BCUT2D eigenvalue weighted by molar-refractivity contribution is 0.305. The van der Waals surface area contributed by atoms with Crippen molar-refractivity contribution in [1.82, 2.24) is 4.98 Å². The summed E-state index contributed by atoms with van der Waals surface area (Å²) in [5.74, 6) is 1.21. The van der Waals surface area contributed by atoms with Crippen LogP contribution in [-0.2, 0) is 16.4 Å². The molecule has 0 aliphatic carbocycles. The first-order valence-corrected chi connectivity index (χ1v) is 12.2. The molecule has 0 aliphatic heterocycles. The highest BCUT2D eigenvalue weighted by molar-refractivity contribution is 7.92. The molecule has 2 aromatic carbocycles. The van der Waals surface area contributed by atoms with Crippen LogP contribution in [0.5, 0.6) is 11.5 Å². The fraction of sp³-hybridized carbons (Fsp3) is 0.200. The number of nitrogens with zero attached hydrogens (tertiary/aromatic N) is 2. The molecule has 0 aliphatic rings. The standard InChI is InChI=1S/C20H16Cl2N2O4S2/c1-30(25,26)19-11-24-18(29-19)12-28-16-4-2-13(3-5-16)14-8-15(10-23)20(17(22)9-14)27-7-6-21/h2-5,8-9,11H,6-7,12H2,1H3. The third kappa shape index (κ3) is 5.43. The molecule has 0 unspecified atom stereocenters. The highest BCUT2D eigenvalue weighted by Gasteiger charge is 2.14. The lowest BCUT2D eigenvalue weighted by Crippen LogP contribution is -2.01. The van der Waals surface area contributed by atoms with Gasteiger partial charge < -0.3 is 9.47 Å². The first kappa shape index (κ1) is 22.4. The van der Waals surface area contributed by atoms with Crippen molar-refractivity contribution in [3.8, 4) is 28.7 Å². The van der Waals surface area contributed by atoms with E-state index in [9.17, 15) is 13.7 Å². The number of thiazole rings is 1. The molecular weight excluding hydrogens is 467 g/mol. The van der Waals surface area contributed by atoms with Crippen molar-refractivity contribution in [2.75, 3.05) is 18.7 Å². The second kappa shape index (κ2) is 9.67. The zero-order valence-corrected chi connectivity index (χ0v) is 18.9. The van der Waals surface area contributed by atoms with Gasteiger partial charge in [0.25, 0.3) is 0 Å². The van der Waals surface area contributed by atoms with Crippen LogP contribution in [0.1, 0.15) is 10.6 Å². The molecular formula is C20H16Cl2N2O4S2. The molecule has 10 heteroatoms. The van der Waals surface area contributed by atoms with Gasteiger partial charge >= 0.3 is 0 Å². The average Bonchev–Trinajstić information content (AvgIpc) is 3.21. The summed E-state index contributed by atoms with van der Waals surface area (Å²) in [6, 6.07) is 12.7. The summed E-state index contributed by atoms with van der Waals surface area (Å²) in [5, 5.41) is 10.3. The van der Waals surface area contributed by atoms with Crippen molar-refractivity contribution in [2.24, 2.45) is 0 Å². The van der Waals surface area contributed by atoms with Crippen LogP contribution in [0, 0.1) is 11.3 Å². The summed E-state index contributed by atoms with van der Waals surface area (Å²) in [6.45, 7) is 0.419. The van der Waals surface area contributed by atoms with E-state index in [4.69, 9.17) is 32.7 Å². The Labute approximate surface area is 188 Å². The third-order valence-corrected chi connectivity index (χ3v) is 7.13. The Morgan fingerprint density at radius 2 is 1.90 bits per heavy atom. The molecule has 0 bridgehead atoms. The second-order valence-electron chi connectivity index (χ2n) is 6.14. The van der Waals surface area contributed by atoms with Crippen LogP contribution in [0.4, 0.5) is 0 Å². The molecule has 0 fully saturated rings. The van der Waals surface area contributed by atoms with Crippen LogP contribution in [0.2, 0.25) is 5.02 Å². The maximum Gasteiger partial charge on any atom is 0.186 e. The van der Waals surface area contributed by atoms with E-state index >= 15 is 0 Å². The summed E-state index contributed by atoms with van der Waals surface area (Å²) in [4.78, 5) is 4.07. The fourth-order valence-electron chi connectivity index (χ4n) is 2.55. The normalized spacial score (nSPS) is 11.1. The Balaban J connectivity index is 1.73.